The molecule has 0 spiro atoms. The van der Waals surface area contributed by atoms with Crippen LogP contribution in [-0.4, -0.2) is 24.7 Å². The molecule has 0 amide bonds. The van der Waals surface area contributed by atoms with Gasteiger partial charge in [0, 0.05) is 18.0 Å². The maximum Gasteiger partial charge on any atom is 0.419 e. The average molecular weight is 427 g/mol. The molecule has 0 aliphatic carbocycles. The van der Waals surface area contributed by atoms with Crippen molar-refractivity contribution >= 4 is 6.02 Å². The zero-order chi connectivity index (χ0) is 22.2. The van der Waals surface area contributed by atoms with Crippen LogP contribution in [0.4, 0.5) is 13.2 Å². The average Bonchev–Trinajstić information content (AvgIpc) is 3.15. The van der Waals surface area contributed by atoms with Crippen molar-refractivity contribution in [3.63, 3.8) is 0 Å². The summed E-state index contributed by atoms with van der Waals surface area (Å²) in [5.74, 6) is -0.262. The van der Waals surface area contributed by atoms with Crippen LogP contribution < -0.4 is 10.5 Å². The predicted molar refractivity (Wildman–Crippen MR) is 111 cm³/mol. The van der Waals surface area contributed by atoms with E-state index in [0.29, 0.717) is 11.1 Å². The minimum atomic E-state index is -4.59. The van der Waals surface area contributed by atoms with Crippen molar-refractivity contribution in [2.45, 2.75) is 18.6 Å². The van der Waals surface area contributed by atoms with Crippen molar-refractivity contribution in [1.29, 1.82) is 0 Å². The summed E-state index contributed by atoms with van der Waals surface area (Å²) in [6.45, 7) is 1.92. The minimum absolute atomic E-state index is 0.0159. The number of aryl methyl sites for hydroxylation is 1. The maximum atomic E-state index is 13.7. The number of halogens is 3. The highest BCUT2D eigenvalue weighted by molar-refractivity contribution is 5.76. The molecule has 160 valence electrons. The lowest BCUT2D eigenvalue weighted by atomic mass is 9.82. The second-order valence-electron chi connectivity index (χ2n) is 7.34. The Balaban J connectivity index is 1.89. The van der Waals surface area contributed by atoms with Gasteiger partial charge in [-0.15, -0.1) is 0 Å². The zero-order valence-corrected chi connectivity index (χ0v) is 16.9. The Kier molecular flexibility index (Phi) is 5.08. The summed E-state index contributed by atoms with van der Waals surface area (Å²) >= 11 is 0. The number of alkyl halides is 3. The van der Waals surface area contributed by atoms with Crippen LogP contribution in [0.1, 0.15) is 22.3 Å². The van der Waals surface area contributed by atoms with E-state index in [1.165, 1.54) is 13.2 Å². The third kappa shape index (κ3) is 3.81. The number of rotatable bonds is 4. The fraction of sp³-hybridized carbons (Fsp3) is 0.217. The highest BCUT2D eigenvalue weighted by Gasteiger charge is 2.43. The van der Waals surface area contributed by atoms with E-state index >= 15 is 0 Å². The third-order valence-corrected chi connectivity index (χ3v) is 5.26. The van der Waals surface area contributed by atoms with E-state index in [1.54, 1.807) is 24.5 Å². The molecule has 1 aliphatic rings. The first-order valence-electron chi connectivity index (χ1n) is 9.49. The molecule has 8 heteroatoms. The Morgan fingerprint density at radius 3 is 2.45 bits per heavy atom. The lowest BCUT2D eigenvalue weighted by Crippen LogP contribution is -2.28. The van der Waals surface area contributed by atoms with Gasteiger partial charge >= 0.3 is 6.18 Å². The molecule has 2 N–H and O–H groups in total. The molecule has 1 atom stereocenters. The summed E-state index contributed by atoms with van der Waals surface area (Å²) in [5.41, 5.74) is 7.41. The van der Waals surface area contributed by atoms with Crippen LogP contribution in [0.25, 0.3) is 11.1 Å². The van der Waals surface area contributed by atoms with Crippen LogP contribution in [-0.2, 0) is 16.5 Å². The fourth-order valence-electron chi connectivity index (χ4n) is 3.75. The van der Waals surface area contributed by atoms with Gasteiger partial charge in [0.15, 0.2) is 5.54 Å². The Hall–Kier alpha value is -3.55. The van der Waals surface area contributed by atoms with Gasteiger partial charge in [-0.1, -0.05) is 24.3 Å². The third-order valence-electron chi connectivity index (χ3n) is 5.26. The van der Waals surface area contributed by atoms with Crippen LogP contribution in [0.3, 0.4) is 0 Å². The van der Waals surface area contributed by atoms with E-state index in [-0.39, 0.29) is 18.4 Å². The number of hydrogen-bond donors (Lipinski definition) is 1. The fourth-order valence-corrected chi connectivity index (χ4v) is 3.75. The molecule has 2 heterocycles. The van der Waals surface area contributed by atoms with Gasteiger partial charge in [-0.05, 0) is 53.4 Å². The highest BCUT2D eigenvalue weighted by Crippen LogP contribution is 2.43. The second kappa shape index (κ2) is 7.61. The van der Waals surface area contributed by atoms with Gasteiger partial charge in [0.2, 0.25) is 0 Å². The SMILES string of the molecule is COc1ccc(C2(c3cccc(-c4cncc(C)c4)c3)COC(N)=N2)cc1C(F)(F)F. The van der Waals surface area contributed by atoms with Crippen molar-refractivity contribution in [3.05, 3.63) is 83.2 Å². The van der Waals surface area contributed by atoms with Gasteiger partial charge in [-0.3, -0.25) is 4.98 Å². The standard InChI is InChI=1S/C23H20F3N3O2/c1-14-8-16(12-28-11-14)15-4-3-5-17(9-15)22(13-31-21(27)29-22)18-6-7-20(30-2)19(10-18)23(24,25)26/h3-12H,13H2,1-2H3,(H2,27,29). The van der Waals surface area contributed by atoms with Crippen molar-refractivity contribution in [2.24, 2.45) is 10.7 Å². The first kappa shape index (κ1) is 20.7. The first-order valence-corrected chi connectivity index (χ1v) is 9.49. The van der Waals surface area contributed by atoms with Gasteiger partial charge in [0.05, 0.1) is 12.7 Å². The monoisotopic (exact) mass is 427 g/mol. The summed E-state index contributed by atoms with van der Waals surface area (Å²) in [7, 11) is 1.20. The van der Waals surface area contributed by atoms with Crippen LogP contribution in [0.5, 0.6) is 5.75 Å². The van der Waals surface area contributed by atoms with E-state index < -0.39 is 17.3 Å². The van der Waals surface area contributed by atoms with Crippen LogP contribution in [0.15, 0.2) is 65.9 Å². The van der Waals surface area contributed by atoms with Gasteiger partial charge < -0.3 is 15.2 Å². The first-order chi connectivity index (χ1) is 14.7. The molecule has 3 aromatic rings. The molecular weight excluding hydrogens is 407 g/mol. The lowest BCUT2D eigenvalue weighted by molar-refractivity contribution is -0.138. The second-order valence-corrected chi connectivity index (χ2v) is 7.34. The van der Waals surface area contributed by atoms with Gasteiger partial charge in [-0.2, -0.15) is 13.2 Å². The number of amidine groups is 1. The number of aromatic nitrogens is 1. The van der Waals surface area contributed by atoms with Crippen LogP contribution in [0, 0.1) is 6.92 Å². The smallest absolute Gasteiger partial charge is 0.419 e. The Morgan fingerprint density at radius 1 is 1.03 bits per heavy atom. The zero-order valence-electron chi connectivity index (χ0n) is 16.9. The summed E-state index contributed by atoms with van der Waals surface area (Å²) in [4.78, 5) is 8.66. The molecule has 0 radical (unpaired) electrons. The number of nitrogens with zero attached hydrogens (tertiary/aromatic N) is 2. The molecule has 1 unspecified atom stereocenters. The highest BCUT2D eigenvalue weighted by atomic mass is 19.4. The number of nitrogens with two attached hydrogens (primary N) is 1. The topological polar surface area (TPSA) is 69.7 Å². The molecule has 0 fully saturated rings. The minimum Gasteiger partial charge on any atom is -0.496 e. The number of hydrogen-bond acceptors (Lipinski definition) is 5. The number of ether oxygens (including phenoxy) is 2. The van der Waals surface area contributed by atoms with E-state index in [9.17, 15) is 13.2 Å². The number of methoxy groups -OCH3 is 1. The van der Waals surface area contributed by atoms with E-state index in [2.05, 4.69) is 9.98 Å². The largest absolute Gasteiger partial charge is 0.496 e. The van der Waals surface area contributed by atoms with Crippen molar-refractivity contribution < 1.29 is 22.6 Å². The molecule has 1 aromatic heterocycles. The van der Waals surface area contributed by atoms with Gasteiger partial charge in [0.25, 0.3) is 6.02 Å². The molecule has 31 heavy (non-hydrogen) atoms. The maximum absolute atomic E-state index is 13.7. The van der Waals surface area contributed by atoms with Gasteiger partial charge in [-0.25, -0.2) is 4.99 Å². The normalized spacial score (nSPS) is 18.4. The summed E-state index contributed by atoms with van der Waals surface area (Å²) < 4.78 is 51.3. The van der Waals surface area contributed by atoms with E-state index in [1.807, 2.05) is 31.2 Å². The summed E-state index contributed by atoms with van der Waals surface area (Å²) in [6.07, 6.45) is -1.11. The number of aliphatic imine (C=N–C) groups is 1. The van der Waals surface area contributed by atoms with Crippen molar-refractivity contribution in [1.82, 2.24) is 4.98 Å². The van der Waals surface area contributed by atoms with E-state index in [4.69, 9.17) is 15.2 Å². The quantitative estimate of drug-likeness (QED) is 0.657. The van der Waals surface area contributed by atoms with Crippen molar-refractivity contribution in [2.75, 3.05) is 13.7 Å². The molecule has 2 aromatic carbocycles. The molecule has 0 bridgehead atoms. The molecule has 4 rings (SSSR count). The van der Waals surface area contributed by atoms with E-state index in [0.717, 1.165) is 22.8 Å². The molecule has 5 nitrogen and oxygen atoms in total. The summed E-state index contributed by atoms with van der Waals surface area (Å²) in [6, 6.07) is 13.2. The molecule has 0 saturated heterocycles. The number of pyridine rings is 1. The molecule has 0 saturated carbocycles. The van der Waals surface area contributed by atoms with Crippen LogP contribution >= 0.6 is 0 Å². The Bertz CT molecular complexity index is 1160. The summed E-state index contributed by atoms with van der Waals surface area (Å²) in [5, 5.41) is 0. The Labute approximate surface area is 177 Å². The lowest BCUT2D eigenvalue weighted by Gasteiger charge is -2.27. The predicted octanol–water partition coefficient (Wildman–Crippen LogP) is 4.67. The molecule has 1 aliphatic heterocycles. The van der Waals surface area contributed by atoms with Gasteiger partial charge in [0.1, 0.15) is 12.4 Å². The van der Waals surface area contributed by atoms with Crippen molar-refractivity contribution in [3.8, 4) is 16.9 Å². The molecular formula is C23H20F3N3O2. The number of benzene rings is 2. The Morgan fingerprint density at radius 2 is 1.81 bits per heavy atom. The van der Waals surface area contributed by atoms with Crippen LogP contribution in [0.2, 0.25) is 0 Å².